The fraction of sp³-hybridized carbons (Fsp3) is 0.692. The quantitative estimate of drug-likeness (QED) is 0.562. The number of nitrogens with zero attached hydrogens (tertiary/aromatic N) is 3. The van der Waals surface area contributed by atoms with E-state index in [0.717, 1.165) is 27.7 Å². The van der Waals surface area contributed by atoms with E-state index in [0.29, 0.717) is 10.5 Å². The van der Waals surface area contributed by atoms with E-state index >= 15 is 0 Å². The van der Waals surface area contributed by atoms with E-state index in [-0.39, 0.29) is 13.1 Å². The summed E-state index contributed by atoms with van der Waals surface area (Å²) in [5.41, 5.74) is 0. The van der Waals surface area contributed by atoms with Gasteiger partial charge in [0.2, 0.25) is 0 Å². The molecule has 24 heavy (non-hydrogen) atoms. The highest BCUT2D eigenvalue weighted by atomic mass is 17.0. The Morgan fingerprint density at radius 3 is 0.875 bits per heavy atom. The van der Waals surface area contributed by atoms with E-state index in [1.165, 1.54) is 0 Å². The lowest BCUT2D eigenvalue weighted by Crippen LogP contribution is -2.38. The maximum Gasteiger partial charge on any atom is 0.326 e. The average molecular weight is 351 g/mol. The molecule has 0 atom stereocenters. The van der Waals surface area contributed by atoms with Gasteiger partial charge >= 0.3 is 23.9 Å². The number of hydroxylamine groups is 4. The van der Waals surface area contributed by atoms with Crippen molar-refractivity contribution < 1.29 is 38.5 Å². The smallest absolute Gasteiger partial charge is 0.326 e. The summed E-state index contributed by atoms with van der Waals surface area (Å²) >= 11 is 0. The van der Waals surface area contributed by atoms with Gasteiger partial charge < -0.3 is 24.3 Å². The van der Waals surface area contributed by atoms with Crippen LogP contribution in [0.25, 0.3) is 0 Å². The molecule has 11 heteroatoms. The van der Waals surface area contributed by atoms with Crippen LogP contribution in [0, 0.1) is 0 Å². The van der Waals surface area contributed by atoms with Crippen LogP contribution in [-0.4, -0.2) is 73.5 Å². The molecule has 0 aromatic rings. The Labute approximate surface area is 140 Å². The second kappa shape index (κ2) is 13.2. The molecular weight excluding hydrogens is 326 g/mol. The van der Waals surface area contributed by atoms with E-state index in [9.17, 15) is 19.2 Å². The van der Waals surface area contributed by atoms with Crippen LogP contribution in [0.15, 0.2) is 0 Å². The van der Waals surface area contributed by atoms with Gasteiger partial charge in [0.05, 0.1) is 13.1 Å². The van der Waals surface area contributed by atoms with Gasteiger partial charge in [-0.15, -0.1) is 0 Å². The van der Waals surface area contributed by atoms with Crippen LogP contribution in [0.4, 0.5) is 0 Å². The van der Waals surface area contributed by atoms with Gasteiger partial charge in [0.1, 0.15) is 0 Å². The second-order valence-electron chi connectivity index (χ2n) is 4.79. The first-order chi connectivity index (χ1) is 10.9. The third kappa shape index (κ3) is 19.8. The molecule has 0 aromatic heterocycles. The molecule has 0 fully saturated rings. The SMILES string of the molecule is CC(=O)ON(CCN(OC(C)=O)OC(C)=O)OC(C)=O.CN(C)C. The Kier molecular flexibility index (Phi) is 13.2. The van der Waals surface area contributed by atoms with E-state index in [1.54, 1.807) is 0 Å². The summed E-state index contributed by atoms with van der Waals surface area (Å²) < 4.78 is 0. The predicted octanol–water partition coefficient (Wildman–Crippen LogP) is -0.319. The van der Waals surface area contributed by atoms with Gasteiger partial charge in [-0.25, -0.2) is 0 Å². The van der Waals surface area contributed by atoms with E-state index in [4.69, 9.17) is 0 Å². The van der Waals surface area contributed by atoms with Crippen LogP contribution in [0.5, 0.6) is 0 Å². The zero-order valence-corrected chi connectivity index (χ0v) is 15.0. The molecular formula is C13H25N3O8. The Hall–Kier alpha value is -2.24. The molecule has 0 saturated heterocycles. The normalized spacial score (nSPS) is 9.92. The highest BCUT2D eigenvalue weighted by molar-refractivity contribution is 5.67. The average Bonchev–Trinajstić information content (AvgIpc) is 2.32. The molecule has 0 aromatic carbocycles. The fourth-order valence-electron chi connectivity index (χ4n) is 0.957. The van der Waals surface area contributed by atoms with Gasteiger partial charge in [-0.2, -0.15) is 0 Å². The van der Waals surface area contributed by atoms with Crippen molar-refractivity contribution in [3.05, 3.63) is 0 Å². The predicted molar refractivity (Wildman–Crippen MR) is 80.1 cm³/mol. The van der Waals surface area contributed by atoms with E-state index in [1.807, 2.05) is 26.0 Å². The molecule has 0 bridgehead atoms. The summed E-state index contributed by atoms with van der Waals surface area (Å²) in [7, 11) is 6.00. The molecule has 0 saturated carbocycles. The minimum absolute atomic E-state index is 0.223. The number of rotatable bonds is 7. The third-order valence-electron chi connectivity index (χ3n) is 1.39. The van der Waals surface area contributed by atoms with Crippen molar-refractivity contribution in [3.63, 3.8) is 0 Å². The zero-order chi connectivity index (χ0) is 19.3. The first kappa shape index (κ1) is 24.0. The number of hydrogen-bond donors (Lipinski definition) is 0. The van der Waals surface area contributed by atoms with Crippen LogP contribution < -0.4 is 0 Å². The summed E-state index contributed by atoms with van der Waals surface area (Å²) in [5.74, 6) is -2.90. The highest BCUT2D eigenvalue weighted by Gasteiger charge is 2.18. The molecule has 0 aliphatic rings. The van der Waals surface area contributed by atoms with Gasteiger partial charge in [0, 0.05) is 38.1 Å². The molecule has 0 aliphatic carbocycles. The topological polar surface area (TPSA) is 115 Å². The molecule has 140 valence electrons. The Bertz CT molecular complexity index is 357. The lowest BCUT2D eigenvalue weighted by atomic mass is 10.7. The lowest BCUT2D eigenvalue weighted by molar-refractivity contribution is -0.354. The minimum Gasteiger partial charge on any atom is -0.333 e. The number of carbonyl (C=O) groups is 4. The van der Waals surface area contributed by atoms with Crippen LogP contribution in [0.1, 0.15) is 27.7 Å². The number of carbonyl (C=O) groups excluding carboxylic acids is 4. The van der Waals surface area contributed by atoms with E-state index < -0.39 is 23.9 Å². The van der Waals surface area contributed by atoms with Crippen molar-refractivity contribution in [1.29, 1.82) is 0 Å². The van der Waals surface area contributed by atoms with Gasteiger partial charge in [0.25, 0.3) is 0 Å². The summed E-state index contributed by atoms with van der Waals surface area (Å²) in [6.07, 6.45) is 0. The van der Waals surface area contributed by atoms with Crippen LogP contribution in [-0.2, 0) is 38.5 Å². The van der Waals surface area contributed by atoms with Crippen molar-refractivity contribution in [2.24, 2.45) is 0 Å². The maximum absolute atomic E-state index is 10.8. The monoisotopic (exact) mass is 351 g/mol. The molecule has 0 radical (unpaired) electrons. The number of hydrogen-bond acceptors (Lipinski definition) is 11. The van der Waals surface area contributed by atoms with Crippen LogP contribution in [0.2, 0.25) is 0 Å². The summed E-state index contributed by atoms with van der Waals surface area (Å²) in [6.45, 7) is 3.97. The molecule has 0 aliphatic heterocycles. The van der Waals surface area contributed by atoms with E-state index in [2.05, 4.69) is 19.4 Å². The zero-order valence-electron chi connectivity index (χ0n) is 15.0. The molecule has 0 heterocycles. The summed E-state index contributed by atoms with van der Waals surface area (Å²) in [5, 5.41) is 1.15. The van der Waals surface area contributed by atoms with Gasteiger partial charge in [0.15, 0.2) is 0 Å². The van der Waals surface area contributed by atoms with Crippen molar-refractivity contribution in [2.75, 3.05) is 34.2 Å². The van der Waals surface area contributed by atoms with Crippen molar-refractivity contribution in [2.45, 2.75) is 27.7 Å². The fourth-order valence-corrected chi connectivity index (χ4v) is 0.957. The minimum atomic E-state index is -0.724. The van der Waals surface area contributed by atoms with Crippen molar-refractivity contribution in [1.82, 2.24) is 15.4 Å². The summed E-state index contributed by atoms with van der Waals surface area (Å²) in [4.78, 5) is 63.4. The lowest BCUT2D eigenvalue weighted by Gasteiger charge is -2.22. The largest absolute Gasteiger partial charge is 0.333 e. The first-order valence-corrected chi connectivity index (χ1v) is 6.84. The Morgan fingerprint density at radius 2 is 0.750 bits per heavy atom. The van der Waals surface area contributed by atoms with Gasteiger partial charge in [-0.05, 0) is 21.1 Å². The van der Waals surface area contributed by atoms with Gasteiger partial charge in [-0.1, -0.05) is 0 Å². The second-order valence-corrected chi connectivity index (χ2v) is 4.79. The Balaban J connectivity index is 0. The van der Waals surface area contributed by atoms with Crippen LogP contribution in [0.3, 0.4) is 0 Å². The highest BCUT2D eigenvalue weighted by Crippen LogP contribution is 1.99. The molecule has 0 spiro atoms. The third-order valence-corrected chi connectivity index (χ3v) is 1.39. The molecule has 0 unspecified atom stereocenters. The van der Waals surface area contributed by atoms with Crippen LogP contribution >= 0.6 is 0 Å². The standard InChI is InChI=1S/C10H16N2O8.C3H9N/c1-7(13)17-11(18-8(2)14)5-6-12(19-9(3)15)20-10(4)16;1-4(2)3/h5-6H2,1-4H3;1-3H3. The molecule has 0 amide bonds. The van der Waals surface area contributed by atoms with Crippen molar-refractivity contribution >= 4 is 23.9 Å². The molecule has 0 N–H and O–H groups in total. The van der Waals surface area contributed by atoms with Crippen molar-refractivity contribution in [3.8, 4) is 0 Å². The maximum atomic E-state index is 10.8. The molecule has 11 nitrogen and oxygen atoms in total. The first-order valence-electron chi connectivity index (χ1n) is 6.84. The Morgan fingerprint density at radius 1 is 0.583 bits per heavy atom. The summed E-state index contributed by atoms with van der Waals surface area (Å²) in [6, 6.07) is 0. The molecule has 0 rings (SSSR count). The van der Waals surface area contributed by atoms with Gasteiger partial charge in [-0.3, -0.25) is 19.2 Å².